The molecule has 0 aliphatic rings. The van der Waals surface area contributed by atoms with Crippen LogP contribution in [0.3, 0.4) is 0 Å². The van der Waals surface area contributed by atoms with Gasteiger partial charge in [-0.3, -0.25) is 4.79 Å². The fraction of sp³-hybridized carbons (Fsp3) is 0.400. The molecular formula is C10H12ClFN2O. The molecule has 0 unspecified atom stereocenters. The van der Waals surface area contributed by atoms with Crippen LogP contribution in [0.4, 0.5) is 10.1 Å². The maximum absolute atomic E-state index is 13.3. The van der Waals surface area contributed by atoms with Crippen LogP contribution in [0.1, 0.15) is 19.4 Å². The standard InChI is InChI=1S/C10H12ClFN2O/c1-6-4-5-13-8(11)7(6)14-9(15)10(2,3)12/h4-5H,1-3H3,(H,14,15). The Hall–Kier alpha value is -1.16. The van der Waals surface area contributed by atoms with Gasteiger partial charge >= 0.3 is 0 Å². The van der Waals surface area contributed by atoms with E-state index in [1.165, 1.54) is 20.0 Å². The van der Waals surface area contributed by atoms with Gasteiger partial charge in [0.25, 0.3) is 5.91 Å². The van der Waals surface area contributed by atoms with Gasteiger partial charge in [-0.2, -0.15) is 0 Å². The largest absolute Gasteiger partial charge is 0.320 e. The van der Waals surface area contributed by atoms with Gasteiger partial charge in [0.1, 0.15) is 0 Å². The van der Waals surface area contributed by atoms with E-state index in [2.05, 4.69) is 10.3 Å². The van der Waals surface area contributed by atoms with E-state index in [4.69, 9.17) is 11.6 Å². The molecule has 0 aliphatic carbocycles. The molecule has 0 radical (unpaired) electrons. The van der Waals surface area contributed by atoms with Gasteiger partial charge in [-0.05, 0) is 32.4 Å². The molecule has 0 saturated heterocycles. The van der Waals surface area contributed by atoms with Crippen LogP contribution in [-0.2, 0) is 4.79 Å². The highest BCUT2D eigenvalue weighted by molar-refractivity contribution is 6.32. The van der Waals surface area contributed by atoms with E-state index in [1.54, 1.807) is 13.0 Å². The smallest absolute Gasteiger partial charge is 0.261 e. The second kappa shape index (κ2) is 4.14. The normalized spacial score (nSPS) is 11.3. The molecule has 0 saturated carbocycles. The number of halogens is 2. The lowest BCUT2D eigenvalue weighted by molar-refractivity contribution is -0.125. The van der Waals surface area contributed by atoms with Crippen LogP contribution in [0.2, 0.25) is 5.15 Å². The Kier molecular flexibility index (Phi) is 3.29. The van der Waals surface area contributed by atoms with Crippen molar-refractivity contribution in [1.82, 2.24) is 4.98 Å². The second-order valence-electron chi connectivity index (χ2n) is 3.72. The van der Waals surface area contributed by atoms with Crippen molar-refractivity contribution in [1.29, 1.82) is 0 Å². The van der Waals surface area contributed by atoms with E-state index in [1.807, 2.05) is 0 Å². The number of pyridine rings is 1. The first-order valence-corrected chi connectivity index (χ1v) is 4.81. The highest BCUT2D eigenvalue weighted by atomic mass is 35.5. The predicted octanol–water partition coefficient (Wildman–Crippen LogP) is 2.73. The molecule has 15 heavy (non-hydrogen) atoms. The molecule has 1 amide bonds. The van der Waals surface area contributed by atoms with E-state index in [0.29, 0.717) is 5.69 Å². The molecule has 0 bridgehead atoms. The summed E-state index contributed by atoms with van der Waals surface area (Å²) in [5, 5.41) is 2.57. The van der Waals surface area contributed by atoms with E-state index < -0.39 is 11.6 Å². The van der Waals surface area contributed by atoms with Crippen molar-refractivity contribution in [2.45, 2.75) is 26.4 Å². The minimum absolute atomic E-state index is 0.160. The number of nitrogens with one attached hydrogen (secondary N) is 1. The molecule has 1 aromatic heterocycles. The molecule has 1 rings (SSSR count). The van der Waals surface area contributed by atoms with Crippen LogP contribution in [-0.4, -0.2) is 16.6 Å². The first-order chi connectivity index (χ1) is 6.82. The quantitative estimate of drug-likeness (QED) is 0.794. The number of aromatic nitrogens is 1. The molecule has 82 valence electrons. The van der Waals surface area contributed by atoms with Gasteiger partial charge in [0.2, 0.25) is 0 Å². The average Bonchev–Trinajstić information content (AvgIpc) is 2.09. The zero-order valence-electron chi connectivity index (χ0n) is 8.77. The summed E-state index contributed by atoms with van der Waals surface area (Å²) in [6, 6.07) is 1.69. The number of carbonyl (C=O) groups is 1. The number of alkyl halides is 1. The summed E-state index contributed by atoms with van der Waals surface area (Å²) in [5.74, 6) is -0.736. The summed E-state index contributed by atoms with van der Waals surface area (Å²) < 4.78 is 13.3. The molecule has 0 spiro atoms. The van der Waals surface area contributed by atoms with Crippen LogP contribution < -0.4 is 5.32 Å². The Bertz CT molecular complexity index is 367. The van der Waals surface area contributed by atoms with E-state index in [9.17, 15) is 9.18 Å². The van der Waals surface area contributed by atoms with Crippen LogP contribution in [0, 0.1) is 6.92 Å². The molecule has 1 heterocycles. The fourth-order valence-corrected chi connectivity index (χ4v) is 1.19. The van der Waals surface area contributed by atoms with Crippen LogP contribution in [0.5, 0.6) is 0 Å². The van der Waals surface area contributed by atoms with E-state index in [-0.39, 0.29) is 5.15 Å². The lowest BCUT2D eigenvalue weighted by atomic mass is 10.1. The van der Waals surface area contributed by atoms with Gasteiger partial charge in [0.15, 0.2) is 10.8 Å². The zero-order chi connectivity index (χ0) is 11.6. The highest BCUT2D eigenvalue weighted by Crippen LogP contribution is 2.24. The van der Waals surface area contributed by atoms with Crippen LogP contribution >= 0.6 is 11.6 Å². The summed E-state index contributed by atoms with van der Waals surface area (Å²) in [6.07, 6.45) is 1.52. The van der Waals surface area contributed by atoms with Gasteiger partial charge in [0, 0.05) is 6.20 Å². The monoisotopic (exact) mass is 230 g/mol. The molecule has 0 aromatic carbocycles. The van der Waals surface area contributed by atoms with Crippen molar-refractivity contribution >= 4 is 23.2 Å². The van der Waals surface area contributed by atoms with Gasteiger partial charge < -0.3 is 5.32 Å². The number of hydrogen-bond acceptors (Lipinski definition) is 2. The summed E-state index contributed by atoms with van der Waals surface area (Å²) in [6.45, 7) is 4.12. The maximum Gasteiger partial charge on any atom is 0.261 e. The van der Waals surface area contributed by atoms with Crippen molar-refractivity contribution < 1.29 is 9.18 Å². The van der Waals surface area contributed by atoms with Crippen molar-refractivity contribution in [3.63, 3.8) is 0 Å². The number of aryl methyl sites for hydroxylation is 1. The number of hydrogen-bond donors (Lipinski definition) is 1. The van der Waals surface area contributed by atoms with Gasteiger partial charge in [0.05, 0.1) is 5.69 Å². The summed E-state index contributed by atoms with van der Waals surface area (Å²) in [7, 11) is 0. The average molecular weight is 231 g/mol. The molecule has 0 aliphatic heterocycles. The Labute approximate surface area is 92.7 Å². The lowest BCUT2D eigenvalue weighted by Crippen LogP contribution is -2.32. The van der Waals surface area contributed by atoms with Gasteiger partial charge in [-0.1, -0.05) is 11.6 Å². The number of nitrogens with zero attached hydrogens (tertiary/aromatic N) is 1. The van der Waals surface area contributed by atoms with E-state index in [0.717, 1.165) is 5.56 Å². The number of carbonyl (C=O) groups excluding carboxylic acids is 1. The van der Waals surface area contributed by atoms with Crippen molar-refractivity contribution in [3.05, 3.63) is 23.0 Å². The minimum Gasteiger partial charge on any atom is -0.320 e. The Balaban J connectivity index is 2.95. The van der Waals surface area contributed by atoms with Crippen LogP contribution in [0.15, 0.2) is 12.3 Å². The molecule has 3 nitrogen and oxygen atoms in total. The molecular weight excluding hydrogens is 219 g/mol. The minimum atomic E-state index is -1.94. The third-order valence-corrected chi connectivity index (χ3v) is 2.18. The molecule has 1 aromatic rings. The Morgan fingerprint density at radius 3 is 2.67 bits per heavy atom. The van der Waals surface area contributed by atoms with Crippen LogP contribution in [0.25, 0.3) is 0 Å². The second-order valence-corrected chi connectivity index (χ2v) is 4.08. The highest BCUT2D eigenvalue weighted by Gasteiger charge is 2.27. The predicted molar refractivity (Wildman–Crippen MR) is 57.8 cm³/mol. The molecule has 0 atom stereocenters. The summed E-state index contributed by atoms with van der Waals surface area (Å²) >= 11 is 5.78. The summed E-state index contributed by atoms with van der Waals surface area (Å²) in [5.41, 5.74) is -0.839. The molecule has 5 heteroatoms. The van der Waals surface area contributed by atoms with Gasteiger partial charge in [-0.15, -0.1) is 0 Å². The zero-order valence-corrected chi connectivity index (χ0v) is 9.52. The lowest BCUT2D eigenvalue weighted by Gasteiger charge is -2.15. The van der Waals surface area contributed by atoms with Crippen molar-refractivity contribution in [2.24, 2.45) is 0 Å². The first kappa shape index (κ1) is 11.9. The number of amides is 1. The van der Waals surface area contributed by atoms with Crippen molar-refractivity contribution in [2.75, 3.05) is 5.32 Å². The molecule has 0 fully saturated rings. The Morgan fingerprint density at radius 1 is 1.60 bits per heavy atom. The van der Waals surface area contributed by atoms with E-state index >= 15 is 0 Å². The first-order valence-electron chi connectivity index (χ1n) is 4.44. The number of rotatable bonds is 2. The Morgan fingerprint density at radius 2 is 2.20 bits per heavy atom. The third kappa shape index (κ3) is 2.89. The fourth-order valence-electron chi connectivity index (χ4n) is 0.937. The maximum atomic E-state index is 13.3. The number of anilines is 1. The molecule has 1 N–H and O–H groups in total. The topological polar surface area (TPSA) is 42.0 Å². The summed E-state index contributed by atoms with van der Waals surface area (Å²) in [4.78, 5) is 15.2. The van der Waals surface area contributed by atoms with Crippen molar-refractivity contribution in [3.8, 4) is 0 Å². The third-order valence-electron chi connectivity index (χ3n) is 1.89. The SMILES string of the molecule is Cc1ccnc(Cl)c1NC(=O)C(C)(C)F. The van der Waals surface area contributed by atoms with Gasteiger partial charge in [-0.25, -0.2) is 9.37 Å².